The number of ether oxygens (including phenoxy) is 1. The molecule has 1 fully saturated rings. The highest BCUT2D eigenvalue weighted by Gasteiger charge is 2.24. The fourth-order valence-electron chi connectivity index (χ4n) is 2.52. The van der Waals surface area contributed by atoms with Crippen molar-refractivity contribution in [1.82, 2.24) is 0 Å². The van der Waals surface area contributed by atoms with E-state index in [9.17, 15) is 0 Å². The molecule has 2 nitrogen and oxygen atoms in total. The first-order valence-corrected chi connectivity index (χ1v) is 7.09. The highest BCUT2D eigenvalue weighted by molar-refractivity contribution is 7.99. The normalized spacial score (nSPS) is 25.2. The van der Waals surface area contributed by atoms with Crippen molar-refractivity contribution in [2.75, 3.05) is 18.1 Å². The molecule has 3 rings (SSSR count). The van der Waals surface area contributed by atoms with Gasteiger partial charge in [-0.05, 0) is 41.0 Å². The Balaban J connectivity index is 1.83. The average Bonchev–Trinajstić information content (AvgIpc) is 2.98. The largest absolute Gasteiger partial charge is 0.493 e. The minimum Gasteiger partial charge on any atom is -0.493 e. The van der Waals surface area contributed by atoms with Gasteiger partial charge in [0.05, 0.1) is 6.61 Å². The molecular formula is C13H17NOS. The van der Waals surface area contributed by atoms with Gasteiger partial charge < -0.3 is 10.5 Å². The van der Waals surface area contributed by atoms with E-state index >= 15 is 0 Å². The molecule has 2 unspecified atom stereocenters. The number of nitrogens with two attached hydrogens (primary N) is 1. The SMILES string of the molecule is NC(c1ccc2c(c1)CCO2)C1CCSC1. The summed E-state index contributed by atoms with van der Waals surface area (Å²) >= 11 is 2.03. The lowest BCUT2D eigenvalue weighted by Gasteiger charge is -2.19. The molecule has 0 bridgehead atoms. The van der Waals surface area contributed by atoms with Crippen LogP contribution in [0, 0.1) is 5.92 Å². The van der Waals surface area contributed by atoms with E-state index in [0.29, 0.717) is 5.92 Å². The maximum absolute atomic E-state index is 6.34. The zero-order valence-corrected chi connectivity index (χ0v) is 10.1. The van der Waals surface area contributed by atoms with Crippen molar-refractivity contribution < 1.29 is 4.74 Å². The topological polar surface area (TPSA) is 35.2 Å². The molecule has 2 heterocycles. The second-order valence-electron chi connectivity index (χ2n) is 4.62. The zero-order chi connectivity index (χ0) is 11.0. The Morgan fingerprint density at radius 3 is 3.19 bits per heavy atom. The molecule has 16 heavy (non-hydrogen) atoms. The summed E-state index contributed by atoms with van der Waals surface area (Å²) in [6.07, 6.45) is 2.30. The minimum atomic E-state index is 0.209. The zero-order valence-electron chi connectivity index (χ0n) is 9.32. The Bertz CT molecular complexity index is 388. The molecule has 2 aliphatic heterocycles. The van der Waals surface area contributed by atoms with Crippen molar-refractivity contribution in [3.05, 3.63) is 29.3 Å². The molecule has 0 amide bonds. The summed E-state index contributed by atoms with van der Waals surface area (Å²) in [6, 6.07) is 6.67. The van der Waals surface area contributed by atoms with Gasteiger partial charge in [-0.3, -0.25) is 0 Å². The van der Waals surface area contributed by atoms with Crippen LogP contribution in [-0.2, 0) is 6.42 Å². The van der Waals surface area contributed by atoms with Gasteiger partial charge in [0, 0.05) is 12.5 Å². The van der Waals surface area contributed by atoms with Crippen LogP contribution < -0.4 is 10.5 Å². The second kappa shape index (κ2) is 4.30. The number of thioether (sulfide) groups is 1. The van der Waals surface area contributed by atoms with Gasteiger partial charge in [0.25, 0.3) is 0 Å². The van der Waals surface area contributed by atoms with Crippen LogP contribution in [-0.4, -0.2) is 18.1 Å². The summed E-state index contributed by atoms with van der Waals surface area (Å²) in [5.41, 5.74) is 8.96. The van der Waals surface area contributed by atoms with Crippen LogP contribution >= 0.6 is 11.8 Å². The van der Waals surface area contributed by atoms with Crippen LogP contribution in [0.5, 0.6) is 5.75 Å². The van der Waals surface area contributed by atoms with Crippen LogP contribution in [0.1, 0.15) is 23.6 Å². The van der Waals surface area contributed by atoms with Crippen molar-refractivity contribution in [3.8, 4) is 5.75 Å². The maximum atomic E-state index is 6.34. The van der Waals surface area contributed by atoms with Gasteiger partial charge in [-0.15, -0.1) is 0 Å². The smallest absolute Gasteiger partial charge is 0.122 e. The molecule has 1 aromatic carbocycles. The highest BCUT2D eigenvalue weighted by Crippen LogP contribution is 2.35. The summed E-state index contributed by atoms with van der Waals surface area (Å²) < 4.78 is 5.51. The molecule has 1 saturated heterocycles. The summed E-state index contributed by atoms with van der Waals surface area (Å²) in [6.45, 7) is 0.827. The van der Waals surface area contributed by atoms with E-state index in [0.717, 1.165) is 18.8 Å². The van der Waals surface area contributed by atoms with Crippen LogP contribution in [0.4, 0.5) is 0 Å². The van der Waals surface area contributed by atoms with Crippen molar-refractivity contribution in [2.24, 2.45) is 11.7 Å². The Morgan fingerprint density at radius 1 is 1.44 bits per heavy atom. The monoisotopic (exact) mass is 235 g/mol. The molecule has 0 radical (unpaired) electrons. The number of benzene rings is 1. The van der Waals surface area contributed by atoms with E-state index < -0.39 is 0 Å². The Labute approximate surface area is 101 Å². The van der Waals surface area contributed by atoms with Crippen molar-refractivity contribution in [1.29, 1.82) is 0 Å². The number of fused-ring (bicyclic) bond motifs is 1. The predicted molar refractivity (Wildman–Crippen MR) is 68.0 cm³/mol. The van der Waals surface area contributed by atoms with Crippen LogP contribution in [0.3, 0.4) is 0 Å². The van der Waals surface area contributed by atoms with Gasteiger partial charge in [-0.25, -0.2) is 0 Å². The Morgan fingerprint density at radius 2 is 2.38 bits per heavy atom. The molecular weight excluding hydrogens is 218 g/mol. The maximum Gasteiger partial charge on any atom is 0.122 e. The summed E-state index contributed by atoms with van der Waals surface area (Å²) in [5, 5.41) is 0. The fraction of sp³-hybridized carbons (Fsp3) is 0.538. The third-order valence-electron chi connectivity index (χ3n) is 3.57. The first-order chi connectivity index (χ1) is 7.84. The quantitative estimate of drug-likeness (QED) is 0.854. The molecule has 0 saturated carbocycles. The fourth-order valence-corrected chi connectivity index (χ4v) is 3.83. The Hall–Kier alpha value is -0.670. The highest BCUT2D eigenvalue weighted by atomic mass is 32.2. The molecule has 0 spiro atoms. The molecule has 1 aromatic rings. The average molecular weight is 235 g/mol. The lowest BCUT2D eigenvalue weighted by molar-refractivity contribution is 0.356. The van der Waals surface area contributed by atoms with Crippen molar-refractivity contribution in [3.63, 3.8) is 0 Å². The molecule has 0 aromatic heterocycles. The van der Waals surface area contributed by atoms with Gasteiger partial charge in [-0.1, -0.05) is 12.1 Å². The van der Waals surface area contributed by atoms with Gasteiger partial charge in [-0.2, -0.15) is 11.8 Å². The number of rotatable bonds is 2. The van der Waals surface area contributed by atoms with Crippen LogP contribution in [0.25, 0.3) is 0 Å². The van der Waals surface area contributed by atoms with Gasteiger partial charge in [0.15, 0.2) is 0 Å². The standard InChI is InChI=1S/C13H17NOS/c14-13(11-4-6-16-8-11)10-1-2-12-9(7-10)3-5-15-12/h1-2,7,11,13H,3-6,8,14H2. The van der Waals surface area contributed by atoms with Crippen molar-refractivity contribution in [2.45, 2.75) is 18.9 Å². The van der Waals surface area contributed by atoms with E-state index in [-0.39, 0.29) is 6.04 Å². The summed E-state index contributed by atoms with van der Waals surface area (Å²) in [4.78, 5) is 0. The van der Waals surface area contributed by atoms with Gasteiger partial charge >= 0.3 is 0 Å². The third-order valence-corrected chi connectivity index (χ3v) is 4.76. The van der Waals surface area contributed by atoms with Gasteiger partial charge in [0.2, 0.25) is 0 Å². The molecule has 2 N–H and O–H groups in total. The van der Waals surface area contributed by atoms with Crippen LogP contribution in [0.2, 0.25) is 0 Å². The van der Waals surface area contributed by atoms with Crippen LogP contribution in [0.15, 0.2) is 18.2 Å². The molecule has 3 heteroatoms. The first kappa shape index (κ1) is 10.5. The molecule has 0 aliphatic carbocycles. The first-order valence-electron chi connectivity index (χ1n) is 5.93. The van der Waals surface area contributed by atoms with E-state index in [2.05, 4.69) is 18.2 Å². The lowest BCUT2D eigenvalue weighted by atomic mass is 9.92. The number of hydrogen-bond donors (Lipinski definition) is 1. The number of hydrogen-bond acceptors (Lipinski definition) is 3. The minimum absolute atomic E-state index is 0.209. The van der Waals surface area contributed by atoms with E-state index in [1.165, 1.54) is 29.1 Å². The lowest BCUT2D eigenvalue weighted by Crippen LogP contribution is -2.21. The predicted octanol–water partition coefficient (Wildman–Crippen LogP) is 2.37. The molecule has 86 valence electrons. The molecule has 2 atom stereocenters. The summed E-state index contributed by atoms with van der Waals surface area (Å²) in [7, 11) is 0. The van der Waals surface area contributed by atoms with E-state index in [1.54, 1.807) is 0 Å². The van der Waals surface area contributed by atoms with E-state index in [4.69, 9.17) is 10.5 Å². The van der Waals surface area contributed by atoms with E-state index in [1.807, 2.05) is 11.8 Å². The van der Waals surface area contributed by atoms with Crippen molar-refractivity contribution >= 4 is 11.8 Å². The Kier molecular flexibility index (Phi) is 2.82. The molecule has 2 aliphatic rings. The second-order valence-corrected chi connectivity index (χ2v) is 5.76. The van der Waals surface area contributed by atoms with Gasteiger partial charge in [0.1, 0.15) is 5.75 Å². The summed E-state index contributed by atoms with van der Waals surface area (Å²) in [5.74, 6) is 4.20. The third kappa shape index (κ3) is 1.82.